The van der Waals surface area contributed by atoms with Crippen LogP contribution in [0.25, 0.3) is 0 Å². The lowest BCUT2D eigenvalue weighted by atomic mass is 10.1. The molecule has 19 heavy (non-hydrogen) atoms. The standard InChI is InChI=1S/C11H16N4O2.C2H6/c1-13-2-3-15-8(5-13)4-10(12-15)11(17)14-6-9(16)7-14;1-2/h4,9,16H,2-3,5-7H2,1H3;1-2H3. The van der Waals surface area contributed by atoms with Crippen molar-refractivity contribution in [1.29, 1.82) is 0 Å². The smallest absolute Gasteiger partial charge is 0.274 e. The molecule has 3 heterocycles. The van der Waals surface area contributed by atoms with Gasteiger partial charge in [-0.05, 0) is 13.1 Å². The molecule has 1 saturated heterocycles. The normalized spacial score (nSPS) is 19.3. The number of amides is 1. The van der Waals surface area contributed by atoms with Gasteiger partial charge in [0.1, 0.15) is 0 Å². The molecule has 6 heteroatoms. The van der Waals surface area contributed by atoms with E-state index >= 15 is 0 Å². The molecule has 0 unspecified atom stereocenters. The molecule has 0 aromatic carbocycles. The summed E-state index contributed by atoms with van der Waals surface area (Å²) in [4.78, 5) is 15.8. The molecule has 1 aromatic heterocycles. The number of hydrogen-bond acceptors (Lipinski definition) is 4. The summed E-state index contributed by atoms with van der Waals surface area (Å²) in [5, 5.41) is 13.5. The van der Waals surface area contributed by atoms with Crippen LogP contribution >= 0.6 is 0 Å². The summed E-state index contributed by atoms with van der Waals surface area (Å²) in [7, 11) is 2.06. The molecule has 1 N–H and O–H groups in total. The fraction of sp³-hybridized carbons (Fsp3) is 0.692. The number of aliphatic hydroxyl groups excluding tert-OH is 1. The lowest BCUT2D eigenvalue weighted by Crippen LogP contribution is -2.53. The highest BCUT2D eigenvalue weighted by Crippen LogP contribution is 2.16. The molecule has 0 radical (unpaired) electrons. The summed E-state index contributed by atoms with van der Waals surface area (Å²) < 4.78 is 1.91. The van der Waals surface area contributed by atoms with Gasteiger partial charge >= 0.3 is 0 Å². The number of carbonyl (C=O) groups excluding carboxylic acids is 1. The van der Waals surface area contributed by atoms with Crippen LogP contribution in [0.5, 0.6) is 0 Å². The van der Waals surface area contributed by atoms with E-state index in [-0.39, 0.29) is 12.0 Å². The number of hydrogen-bond donors (Lipinski definition) is 1. The van der Waals surface area contributed by atoms with E-state index in [0.717, 1.165) is 25.3 Å². The quantitative estimate of drug-likeness (QED) is 0.787. The first kappa shape index (κ1) is 14.0. The average molecular weight is 266 g/mol. The summed E-state index contributed by atoms with van der Waals surface area (Å²) in [6.07, 6.45) is -0.359. The molecule has 6 nitrogen and oxygen atoms in total. The fourth-order valence-corrected chi connectivity index (χ4v) is 2.29. The topological polar surface area (TPSA) is 61.6 Å². The van der Waals surface area contributed by atoms with Crippen LogP contribution in [-0.2, 0) is 13.1 Å². The molecule has 1 aromatic rings. The molecular formula is C13H22N4O2. The Labute approximate surface area is 113 Å². The lowest BCUT2D eigenvalue weighted by molar-refractivity contribution is 0.00544. The molecule has 0 spiro atoms. The van der Waals surface area contributed by atoms with E-state index in [1.807, 2.05) is 24.6 Å². The van der Waals surface area contributed by atoms with Crippen molar-refractivity contribution in [3.63, 3.8) is 0 Å². The Kier molecular flexibility index (Phi) is 4.21. The highest BCUT2D eigenvalue weighted by Gasteiger charge is 2.31. The van der Waals surface area contributed by atoms with Gasteiger partial charge in [-0.1, -0.05) is 13.8 Å². The van der Waals surface area contributed by atoms with Gasteiger partial charge in [0.25, 0.3) is 5.91 Å². The van der Waals surface area contributed by atoms with Crippen molar-refractivity contribution < 1.29 is 9.90 Å². The maximum absolute atomic E-state index is 12.0. The summed E-state index contributed by atoms with van der Waals surface area (Å²) in [6.45, 7) is 7.50. The predicted octanol–water partition coefficient (Wildman–Crippen LogP) is 0.171. The second kappa shape index (κ2) is 5.71. The Morgan fingerprint density at radius 3 is 2.68 bits per heavy atom. The van der Waals surface area contributed by atoms with E-state index in [9.17, 15) is 9.90 Å². The Balaban J connectivity index is 0.000000637. The number of nitrogens with zero attached hydrogens (tertiary/aromatic N) is 4. The van der Waals surface area contributed by atoms with Gasteiger partial charge in [-0.25, -0.2) is 0 Å². The average Bonchev–Trinajstić information content (AvgIpc) is 2.79. The zero-order chi connectivity index (χ0) is 14.0. The SMILES string of the molecule is CC.CN1CCn2nc(C(=O)N3CC(O)C3)cc2C1. The van der Waals surface area contributed by atoms with E-state index < -0.39 is 0 Å². The number of carbonyl (C=O) groups is 1. The van der Waals surface area contributed by atoms with Crippen LogP contribution in [0.4, 0.5) is 0 Å². The van der Waals surface area contributed by atoms with Crippen LogP contribution in [0.1, 0.15) is 30.0 Å². The lowest BCUT2D eigenvalue weighted by Gasteiger charge is -2.35. The zero-order valence-corrected chi connectivity index (χ0v) is 11.8. The molecule has 0 bridgehead atoms. The number of rotatable bonds is 1. The van der Waals surface area contributed by atoms with Crippen LogP contribution in [0.15, 0.2) is 6.07 Å². The fourth-order valence-electron chi connectivity index (χ4n) is 2.29. The van der Waals surface area contributed by atoms with Crippen molar-refractivity contribution in [3.8, 4) is 0 Å². The van der Waals surface area contributed by atoms with Crippen molar-refractivity contribution in [2.75, 3.05) is 26.7 Å². The number of fused-ring (bicyclic) bond motifs is 1. The van der Waals surface area contributed by atoms with Crippen molar-refractivity contribution >= 4 is 5.91 Å². The summed E-state index contributed by atoms with van der Waals surface area (Å²) in [6, 6.07) is 1.86. The van der Waals surface area contributed by atoms with E-state index in [0.29, 0.717) is 18.8 Å². The molecule has 2 aliphatic rings. The highest BCUT2D eigenvalue weighted by atomic mass is 16.3. The van der Waals surface area contributed by atoms with Gasteiger partial charge in [-0.3, -0.25) is 14.4 Å². The van der Waals surface area contributed by atoms with Gasteiger partial charge in [0.15, 0.2) is 5.69 Å². The second-order valence-corrected chi connectivity index (χ2v) is 4.85. The third kappa shape index (κ3) is 2.79. The third-order valence-electron chi connectivity index (χ3n) is 3.36. The third-order valence-corrected chi connectivity index (χ3v) is 3.36. The van der Waals surface area contributed by atoms with Crippen LogP contribution in [0.3, 0.4) is 0 Å². The predicted molar refractivity (Wildman–Crippen MR) is 71.8 cm³/mol. The zero-order valence-electron chi connectivity index (χ0n) is 11.8. The van der Waals surface area contributed by atoms with Gasteiger partial charge in [-0.15, -0.1) is 0 Å². The Hall–Kier alpha value is -1.40. The van der Waals surface area contributed by atoms with Crippen molar-refractivity contribution in [1.82, 2.24) is 19.6 Å². The first-order valence-electron chi connectivity index (χ1n) is 6.86. The largest absolute Gasteiger partial charge is 0.389 e. The molecule has 106 valence electrons. The minimum absolute atomic E-state index is 0.0696. The number of likely N-dealkylation sites (N-methyl/N-ethyl adjacent to an activating group) is 1. The Bertz CT molecular complexity index is 451. The van der Waals surface area contributed by atoms with Gasteiger partial charge < -0.3 is 10.0 Å². The second-order valence-electron chi connectivity index (χ2n) is 4.85. The van der Waals surface area contributed by atoms with E-state index in [4.69, 9.17) is 0 Å². The van der Waals surface area contributed by atoms with Gasteiger partial charge in [0, 0.05) is 26.2 Å². The van der Waals surface area contributed by atoms with Crippen LogP contribution in [0.2, 0.25) is 0 Å². The van der Waals surface area contributed by atoms with Crippen molar-refractivity contribution in [3.05, 3.63) is 17.5 Å². The molecule has 1 fully saturated rings. The number of aliphatic hydroxyl groups is 1. The Morgan fingerprint density at radius 2 is 2.05 bits per heavy atom. The monoisotopic (exact) mass is 266 g/mol. The summed E-state index contributed by atoms with van der Waals surface area (Å²) in [5.41, 5.74) is 1.59. The molecule has 0 atom stereocenters. The molecule has 2 aliphatic heterocycles. The van der Waals surface area contributed by atoms with Crippen molar-refractivity contribution in [2.45, 2.75) is 33.0 Å². The molecule has 1 amide bonds. The van der Waals surface area contributed by atoms with Crippen molar-refractivity contribution in [2.24, 2.45) is 0 Å². The van der Waals surface area contributed by atoms with Crippen LogP contribution < -0.4 is 0 Å². The molecule has 0 saturated carbocycles. The molecule has 3 rings (SSSR count). The first-order valence-corrected chi connectivity index (χ1v) is 6.86. The van der Waals surface area contributed by atoms with E-state index in [1.54, 1.807) is 4.90 Å². The highest BCUT2D eigenvalue weighted by molar-refractivity contribution is 5.93. The van der Waals surface area contributed by atoms with E-state index in [1.165, 1.54) is 0 Å². The maximum atomic E-state index is 12.0. The van der Waals surface area contributed by atoms with Crippen LogP contribution in [-0.4, -0.2) is 63.4 Å². The summed E-state index contributed by atoms with van der Waals surface area (Å²) >= 11 is 0. The van der Waals surface area contributed by atoms with E-state index in [2.05, 4.69) is 17.0 Å². The minimum Gasteiger partial charge on any atom is -0.389 e. The number of β-amino-alcohol motifs (C(OH)–C–C–N with tert-alkyl or cyclic N) is 1. The molecular weight excluding hydrogens is 244 g/mol. The maximum Gasteiger partial charge on any atom is 0.274 e. The first-order chi connectivity index (χ1) is 9.13. The summed E-state index contributed by atoms with van der Waals surface area (Å²) in [5.74, 6) is -0.0696. The van der Waals surface area contributed by atoms with Crippen LogP contribution in [0, 0.1) is 0 Å². The Morgan fingerprint density at radius 1 is 1.37 bits per heavy atom. The van der Waals surface area contributed by atoms with Gasteiger partial charge in [0.05, 0.1) is 18.3 Å². The van der Waals surface area contributed by atoms with Gasteiger partial charge in [-0.2, -0.15) is 5.10 Å². The molecule has 0 aliphatic carbocycles. The number of aromatic nitrogens is 2. The van der Waals surface area contributed by atoms with Gasteiger partial charge in [0.2, 0.25) is 0 Å². The number of likely N-dealkylation sites (tertiary alicyclic amines) is 1. The minimum atomic E-state index is -0.359.